The number of pyridine rings is 1. The number of thioether (sulfide) groups is 1. The molecule has 13 heteroatoms. The van der Waals surface area contributed by atoms with Crippen LogP contribution in [-0.2, 0) is 11.0 Å². The third-order valence-electron chi connectivity index (χ3n) is 4.75. The molecule has 1 aliphatic rings. The van der Waals surface area contributed by atoms with E-state index in [1.807, 2.05) is 32.6 Å². The lowest BCUT2D eigenvalue weighted by Gasteiger charge is -2.27. The summed E-state index contributed by atoms with van der Waals surface area (Å²) >= 11 is 1.41. The topological polar surface area (TPSA) is 112 Å². The highest BCUT2D eigenvalue weighted by Gasteiger charge is 2.31. The SMILES string of the molecule is CC.CCNc1c(C)ncnc1N1C=C(C(=O)NCCNC(=O)c2ccc(C(F)(F)F)cn2)SCC1.[HH].[HH]. The van der Waals surface area contributed by atoms with Gasteiger partial charge in [0.05, 0.1) is 21.8 Å². The summed E-state index contributed by atoms with van der Waals surface area (Å²) in [6.07, 6.45) is -0.699. The Morgan fingerprint density at radius 3 is 2.42 bits per heavy atom. The fourth-order valence-electron chi connectivity index (χ4n) is 3.08. The molecule has 0 aromatic carbocycles. The number of aryl methyl sites for hydroxylation is 1. The highest BCUT2D eigenvalue weighted by atomic mass is 32.2. The number of nitrogens with zero attached hydrogens (tertiary/aromatic N) is 4. The summed E-state index contributed by atoms with van der Waals surface area (Å²) in [5.41, 5.74) is 0.547. The summed E-state index contributed by atoms with van der Waals surface area (Å²) in [4.78, 5) is 39.2. The summed E-state index contributed by atoms with van der Waals surface area (Å²) in [7, 11) is 0. The Labute approximate surface area is 215 Å². The van der Waals surface area contributed by atoms with Crippen molar-refractivity contribution in [3.05, 3.63) is 52.7 Å². The third-order valence-corrected chi connectivity index (χ3v) is 5.74. The molecule has 1 aliphatic heterocycles. The monoisotopic (exact) mass is 529 g/mol. The fraction of sp³-hybridized carbons (Fsp3) is 0.435. The Hall–Kier alpha value is -3.35. The zero-order chi connectivity index (χ0) is 26.7. The van der Waals surface area contributed by atoms with Gasteiger partial charge < -0.3 is 20.9 Å². The average Bonchev–Trinajstić information content (AvgIpc) is 2.88. The number of carbonyl (C=O) groups is 2. The van der Waals surface area contributed by atoms with E-state index < -0.39 is 17.6 Å². The van der Waals surface area contributed by atoms with Gasteiger partial charge in [-0.1, -0.05) is 13.8 Å². The fourth-order valence-corrected chi connectivity index (χ4v) is 3.99. The number of carbonyl (C=O) groups excluding carboxylic acids is 2. The molecule has 3 N–H and O–H groups in total. The predicted molar refractivity (Wildman–Crippen MR) is 139 cm³/mol. The second-order valence-electron chi connectivity index (χ2n) is 7.16. The minimum atomic E-state index is -4.52. The first-order chi connectivity index (χ1) is 17.2. The van der Waals surface area contributed by atoms with Gasteiger partial charge in [0.2, 0.25) is 0 Å². The van der Waals surface area contributed by atoms with Crippen LogP contribution in [0.1, 0.15) is 45.4 Å². The molecule has 36 heavy (non-hydrogen) atoms. The van der Waals surface area contributed by atoms with Crippen LogP contribution in [0, 0.1) is 6.92 Å². The highest BCUT2D eigenvalue weighted by Crippen LogP contribution is 2.31. The number of anilines is 2. The number of rotatable bonds is 8. The largest absolute Gasteiger partial charge is 0.417 e. The van der Waals surface area contributed by atoms with E-state index in [4.69, 9.17) is 0 Å². The molecular formula is C23H34F3N7O2S. The maximum absolute atomic E-state index is 12.6. The molecule has 0 spiro atoms. The summed E-state index contributed by atoms with van der Waals surface area (Å²) in [6, 6.07) is 1.80. The lowest BCUT2D eigenvalue weighted by atomic mass is 10.2. The molecule has 0 radical (unpaired) electrons. The highest BCUT2D eigenvalue weighted by molar-refractivity contribution is 8.04. The van der Waals surface area contributed by atoms with Crippen molar-refractivity contribution < 1.29 is 25.6 Å². The standard InChI is InChI=1S/C21H24F3N7O2S.C2H6.2H2/c1-3-25-17-13(2)29-12-30-18(17)31-8-9-34-16(11-31)20(33)27-7-6-26-19(32)15-5-4-14(10-28-15)21(22,23)24;1-2;;/h4-5,10-12,25H,3,6-9H2,1-2H3,(H,26,32)(H,27,33);1-2H3;2*1H. The van der Waals surface area contributed by atoms with Gasteiger partial charge in [-0.2, -0.15) is 13.2 Å². The van der Waals surface area contributed by atoms with E-state index in [0.717, 1.165) is 23.5 Å². The van der Waals surface area contributed by atoms with E-state index in [1.165, 1.54) is 18.1 Å². The number of aromatic nitrogens is 3. The summed E-state index contributed by atoms with van der Waals surface area (Å²) < 4.78 is 37.8. The van der Waals surface area contributed by atoms with Crippen LogP contribution in [0.15, 0.2) is 35.8 Å². The van der Waals surface area contributed by atoms with Gasteiger partial charge in [-0.15, -0.1) is 11.8 Å². The molecule has 9 nitrogen and oxygen atoms in total. The van der Waals surface area contributed by atoms with Gasteiger partial charge in [0.1, 0.15) is 12.0 Å². The summed E-state index contributed by atoms with van der Waals surface area (Å²) in [6.45, 7) is 9.46. The van der Waals surface area contributed by atoms with Crippen molar-refractivity contribution in [3.63, 3.8) is 0 Å². The Morgan fingerprint density at radius 2 is 1.81 bits per heavy atom. The zero-order valence-corrected chi connectivity index (χ0v) is 21.4. The normalized spacial score (nSPS) is 13.2. The van der Waals surface area contributed by atoms with Crippen molar-refractivity contribution in [3.8, 4) is 0 Å². The summed E-state index contributed by atoms with van der Waals surface area (Å²) in [5, 5.41) is 8.50. The Balaban J connectivity index is 0.00000334. The van der Waals surface area contributed by atoms with Gasteiger partial charge in [0.25, 0.3) is 11.8 Å². The van der Waals surface area contributed by atoms with Crippen molar-refractivity contribution in [1.82, 2.24) is 25.6 Å². The average molecular weight is 530 g/mol. The number of amides is 2. The predicted octanol–water partition coefficient (Wildman–Crippen LogP) is 4.09. The maximum Gasteiger partial charge on any atom is 0.417 e. The lowest BCUT2D eigenvalue weighted by molar-refractivity contribution is -0.137. The Bertz CT molecular complexity index is 1070. The molecule has 2 amide bonds. The number of hydrogen-bond donors (Lipinski definition) is 3. The second-order valence-corrected chi connectivity index (χ2v) is 8.30. The molecule has 200 valence electrons. The van der Waals surface area contributed by atoms with Crippen LogP contribution in [0.2, 0.25) is 0 Å². The first kappa shape index (κ1) is 28.9. The van der Waals surface area contributed by atoms with Crippen molar-refractivity contribution in [1.29, 1.82) is 0 Å². The van der Waals surface area contributed by atoms with E-state index in [1.54, 1.807) is 6.20 Å². The Morgan fingerprint density at radius 1 is 1.11 bits per heavy atom. The van der Waals surface area contributed by atoms with Gasteiger partial charge in [-0.05, 0) is 26.0 Å². The van der Waals surface area contributed by atoms with Gasteiger partial charge >= 0.3 is 6.18 Å². The van der Waals surface area contributed by atoms with Crippen molar-refractivity contribution in [2.24, 2.45) is 0 Å². The molecule has 0 unspecified atom stereocenters. The van der Waals surface area contributed by atoms with Crippen LogP contribution in [-0.4, -0.2) is 58.7 Å². The van der Waals surface area contributed by atoms with Gasteiger partial charge in [-0.25, -0.2) is 9.97 Å². The Kier molecular flexibility index (Phi) is 11.0. The molecule has 3 rings (SSSR count). The van der Waals surface area contributed by atoms with Gasteiger partial charge in [0, 0.05) is 47.2 Å². The van der Waals surface area contributed by atoms with E-state index in [9.17, 15) is 22.8 Å². The minimum Gasteiger partial charge on any atom is -0.381 e. The van der Waals surface area contributed by atoms with E-state index in [0.29, 0.717) is 35.8 Å². The molecule has 2 aromatic rings. The van der Waals surface area contributed by atoms with Crippen molar-refractivity contribution in [2.75, 3.05) is 42.1 Å². The van der Waals surface area contributed by atoms with E-state index in [-0.39, 0.29) is 27.5 Å². The first-order valence-electron chi connectivity index (χ1n) is 11.5. The smallest absolute Gasteiger partial charge is 0.381 e. The lowest BCUT2D eigenvalue weighted by Crippen LogP contribution is -2.36. The minimum absolute atomic E-state index is 0. The van der Waals surface area contributed by atoms with Crippen LogP contribution in [0.3, 0.4) is 0 Å². The number of alkyl halides is 3. The van der Waals surface area contributed by atoms with Gasteiger partial charge in [-0.3, -0.25) is 14.6 Å². The van der Waals surface area contributed by atoms with E-state index >= 15 is 0 Å². The molecule has 0 saturated carbocycles. The third kappa shape index (κ3) is 7.83. The zero-order valence-electron chi connectivity index (χ0n) is 20.6. The van der Waals surface area contributed by atoms with Crippen LogP contribution in [0.25, 0.3) is 0 Å². The number of nitrogens with one attached hydrogen (secondary N) is 3. The number of hydrogen-bond acceptors (Lipinski definition) is 8. The molecule has 3 heterocycles. The quantitative estimate of drug-likeness (QED) is 0.439. The summed E-state index contributed by atoms with van der Waals surface area (Å²) in [5.74, 6) is 0.448. The van der Waals surface area contributed by atoms with Crippen LogP contribution in [0.4, 0.5) is 24.7 Å². The molecule has 2 aromatic heterocycles. The molecule has 0 aliphatic carbocycles. The second kappa shape index (κ2) is 13.7. The molecule has 0 atom stereocenters. The van der Waals surface area contributed by atoms with Crippen molar-refractivity contribution in [2.45, 2.75) is 33.9 Å². The molecule has 0 fully saturated rings. The molecule has 0 bridgehead atoms. The van der Waals surface area contributed by atoms with Crippen LogP contribution in [0.5, 0.6) is 0 Å². The van der Waals surface area contributed by atoms with Crippen LogP contribution < -0.4 is 20.9 Å². The molecule has 0 saturated heterocycles. The van der Waals surface area contributed by atoms with Gasteiger partial charge in [0.15, 0.2) is 5.82 Å². The molecular weight excluding hydrogens is 495 g/mol. The number of halogens is 3. The first-order valence-corrected chi connectivity index (χ1v) is 12.5. The van der Waals surface area contributed by atoms with E-state index in [2.05, 4.69) is 30.9 Å². The maximum atomic E-state index is 12.6. The van der Waals surface area contributed by atoms with Crippen LogP contribution >= 0.6 is 11.8 Å². The van der Waals surface area contributed by atoms with Crippen molar-refractivity contribution >= 4 is 35.1 Å².